The van der Waals surface area contributed by atoms with Crippen molar-refractivity contribution in [3.63, 3.8) is 0 Å². The van der Waals surface area contributed by atoms with Crippen LogP contribution in [0.2, 0.25) is 0 Å². The van der Waals surface area contributed by atoms with Gasteiger partial charge in [0.25, 0.3) is 0 Å². The monoisotopic (exact) mass is 237 g/mol. The molecule has 1 aromatic rings. The summed E-state index contributed by atoms with van der Waals surface area (Å²) in [5, 5.41) is 13.7. The lowest BCUT2D eigenvalue weighted by atomic mass is 9.92. The second-order valence-electron chi connectivity index (χ2n) is 5.08. The molecule has 4 heteroatoms. The van der Waals surface area contributed by atoms with Gasteiger partial charge >= 0.3 is 0 Å². The van der Waals surface area contributed by atoms with Gasteiger partial charge < -0.3 is 16.2 Å². The highest BCUT2D eigenvalue weighted by molar-refractivity contribution is 5.47. The van der Waals surface area contributed by atoms with Gasteiger partial charge in [0.15, 0.2) is 0 Å². The molecule has 0 fully saturated rings. The fourth-order valence-electron chi connectivity index (χ4n) is 1.71. The Morgan fingerprint density at radius 2 is 2.24 bits per heavy atom. The molecule has 17 heavy (non-hydrogen) atoms. The molecule has 0 spiro atoms. The molecule has 1 rings (SSSR count). The Labute approximate surface area is 103 Å². The van der Waals surface area contributed by atoms with Crippen molar-refractivity contribution in [3.8, 4) is 0 Å². The number of anilines is 1. The lowest BCUT2D eigenvalue weighted by Crippen LogP contribution is -2.30. The number of nitrogen functional groups attached to an aromatic ring is 1. The average molecular weight is 237 g/mol. The Balaban J connectivity index is 2.54. The van der Waals surface area contributed by atoms with Gasteiger partial charge in [-0.1, -0.05) is 13.8 Å². The number of aliphatic hydroxyl groups is 1. The van der Waals surface area contributed by atoms with Crippen LogP contribution in [0.1, 0.15) is 32.8 Å². The van der Waals surface area contributed by atoms with Gasteiger partial charge in [0.05, 0.1) is 5.60 Å². The number of rotatable bonds is 6. The van der Waals surface area contributed by atoms with Crippen molar-refractivity contribution in [2.75, 3.05) is 18.8 Å². The third-order valence-electron chi connectivity index (χ3n) is 2.78. The highest BCUT2D eigenvalue weighted by atomic mass is 16.3. The minimum Gasteiger partial charge on any atom is -0.398 e. The van der Waals surface area contributed by atoms with Crippen LogP contribution in [0, 0.1) is 5.92 Å². The van der Waals surface area contributed by atoms with Crippen molar-refractivity contribution in [1.29, 1.82) is 0 Å². The number of hydrogen-bond donors (Lipinski definition) is 3. The maximum Gasteiger partial charge on any atom is 0.0915 e. The van der Waals surface area contributed by atoms with Crippen LogP contribution in [0.4, 0.5) is 5.69 Å². The van der Waals surface area contributed by atoms with Gasteiger partial charge in [0.1, 0.15) is 0 Å². The van der Waals surface area contributed by atoms with Gasteiger partial charge in [-0.25, -0.2) is 0 Å². The van der Waals surface area contributed by atoms with E-state index in [2.05, 4.69) is 24.1 Å². The zero-order chi connectivity index (χ0) is 12.9. The smallest absolute Gasteiger partial charge is 0.0915 e. The Morgan fingerprint density at radius 1 is 1.53 bits per heavy atom. The lowest BCUT2D eigenvalue weighted by Gasteiger charge is -2.25. The van der Waals surface area contributed by atoms with Crippen LogP contribution in [0.15, 0.2) is 18.5 Å². The lowest BCUT2D eigenvalue weighted by molar-refractivity contribution is 0.0483. The third kappa shape index (κ3) is 4.32. The quantitative estimate of drug-likeness (QED) is 0.656. The fourth-order valence-corrected chi connectivity index (χ4v) is 1.71. The minimum absolute atomic E-state index is 0.592. The zero-order valence-corrected chi connectivity index (χ0v) is 10.9. The molecule has 0 radical (unpaired) electrons. The molecule has 0 saturated heterocycles. The van der Waals surface area contributed by atoms with E-state index in [1.807, 2.05) is 0 Å². The van der Waals surface area contributed by atoms with Gasteiger partial charge in [0, 0.05) is 23.6 Å². The fraction of sp³-hybridized carbons (Fsp3) is 0.615. The molecule has 0 aliphatic rings. The topological polar surface area (TPSA) is 71.2 Å². The summed E-state index contributed by atoms with van der Waals surface area (Å²) >= 11 is 0. The Bertz CT molecular complexity index is 350. The summed E-state index contributed by atoms with van der Waals surface area (Å²) < 4.78 is 0. The van der Waals surface area contributed by atoms with Crippen LogP contribution < -0.4 is 11.1 Å². The van der Waals surface area contributed by atoms with Crippen LogP contribution >= 0.6 is 0 Å². The molecule has 0 aliphatic carbocycles. The van der Waals surface area contributed by atoms with Crippen LogP contribution in [0.25, 0.3) is 0 Å². The molecule has 4 N–H and O–H groups in total. The van der Waals surface area contributed by atoms with Crippen molar-refractivity contribution in [2.24, 2.45) is 5.92 Å². The molecule has 0 aromatic carbocycles. The van der Waals surface area contributed by atoms with Gasteiger partial charge in [-0.15, -0.1) is 0 Å². The first-order valence-electron chi connectivity index (χ1n) is 6.06. The molecule has 1 atom stereocenters. The molecule has 1 unspecified atom stereocenters. The van der Waals surface area contributed by atoms with E-state index in [-0.39, 0.29) is 0 Å². The average Bonchev–Trinajstić information content (AvgIpc) is 2.24. The maximum atomic E-state index is 10.4. The largest absolute Gasteiger partial charge is 0.398 e. The number of hydrogen-bond acceptors (Lipinski definition) is 4. The summed E-state index contributed by atoms with van der Waals surface area (Å²) in [7, 11) is 0. The SMILES string of the molecule is CC(C)CNCCC(C)(O)c1cnccc1N. The van der Waals surface area contributed by atoms with Gasteiger partial charge in [-0.3, -0.25) is 4.98 Å². The second-order valence-corrected chi connectivity index (χ2v) is 5.08. The summed E-state index contributed by atoms with van der Waals surface area (Å²) in [4.78, 5) is 4.01. The Kier molecular flexibility index (Phi) is 4.90. The number of aromatic nitrogens is 1. The third-order valence-corrected chi connectivity index (χ3v) is 2.78. The van der Waals surface area contributed by atoms with Crippen LogP contribution in [-0.4, -0.2) is 23.2 Å². The van der Waals surface area contributed by atoms with Gasteiger partial charge in [-0.05, 0) is 38.4 Å². The van der Waals surface area contributed by atoms with Crippen molar-refractivity contribution >= 4 is 5.69 Å². The van der Waals surface area contributed by atoms with E-state index < -0.39 is 5.60 Å². The Hall–Kier alpha value is -1.13. The zero-order valence-electron chi connectivity index (χ0n) is 10.9. The van der Waals surface area contributed by atoms with Crippen molar-refractivity contribution in [3.05, 3.63) is 24.0 Å². The molecule has 0 aliphatic heterocycles. The minimum atomic E-state index is -0.928. The predicted molar refractivity (Wildman–Crippen MR) is 70.5 cm³/mol. The first-order chi connectivity index (χ1) is 7.93. The summed E-state index contributed by atoms with van der Waals surface area (Å²) in [5.74, 6) is 0.614. The molecule has 1 heterocycles. The number of nitrogens with two attached hydrogens (primary N) is 1. The first-order valence-corrected chi connectivity index (χ1v) is 6.06. The van der Waals surface area contributed by atoms with Crippen molar-refractivity contribution in [1.82, 2.24) is 10.3 Å². The number of pyridine rings is 1. The Morgan fingerprint density at radius 3 is 2.82 bits per heavy atom. The van der Waals surface area contributed by atoms with Crippen LogP contribution in [0.3, 0.4) is 0 Å². The second kappa shape index (κ2) is 5.98. The molecular weight excluding hydrogens is 214 g/mol. The predicted octanol–water partition coefficient (Wildman–Crippen LogP) is 1.51. The van der Waals surface area contributed by atoms with Crippen LogP contribution in [0.5, 0.6) is 0 Å². The molecule has 0 bridgehead atoms. The summed E-state index contributed by atoms with van der Waals surface area (Å²) in [6.45, 7) is 7.81. The van der Waals surface area contributed by atoms with E-state index in [0.29, 0.717) is 23.6 Å². The summed E-state index contributed by atoms with van der Waals surface area (Å²) in [6, 6.07) is 1.71. The molecule has 96 valence electrons. The van der Waals surface area contributed by atoms with E-state index in [1.54, 1.807) is 25.4 Å². The normalized spacial score (nSPS) is 14.9. The van der Waals surface area contributed by atoms with Crippen LogP contribution in [-0.2, 0) is 5.60 Å². The molecule has 1 aromatic heterocycles. The molecule has 4 nitrogen and oxygen atoms in total. The highest BCUT2D eigenvalue weighted by Crippen LogP contribution is 2.27. The van der Waals surface area contributed by atoms with E-state index in [4.69, 9.17) is 5.73 Å². The summed E-state index contributed by atoms with van der Waals surface area (Å²) in [5.41, 5.74) is 6.20. The molecule has 0 amide bonds. The number of nitrogens with zero attached hydrogens (tertiary/aromatic N) is 1. The van der Waals surface area contributed by atoms with E-state index >= 15 is 0 Å². The first kappa shape index (κ1) is 13.9. The standard InChI is InChI=1S/C13H23N3O/c1-10(2)8-16-7-5-13(3,17)11-9-15-6-4-12(11)14/h4,6,9-10,16-17H,5,7-8H2,1-3H3,(H2,14,15). The van der Waals surface area contributed by atoms with E-state index in [9.17, 15) is 5.11 Å². The number of nitrogens with one attached hydrogen (secondary N) is 1. The summed E-state index contributed by atoms with van der Waals surface area (Å²) in [6.07, 6.45) is 3.89. The van der Waals surface area contributed by atoms with E-state index in [0.717, 1.165) is 13.1 Å². The van der Waals surface area contributed by atoms with Gasteiger partial charge in [0.2, 0.25) is 0 Å². The molecule has 0 saturated carbocycles. The molecular formula is C13H23N3O. The maximum absolute atomic E-state index is 10.4. The van der Waals surface area contributed by atoms with Crippen molar-refractivity contribution in [2.45, 2.75) is 32.8 Å². The van der Waals surface area contributed by atoms with Crippen molar-refractivity contribution < 1.29 is 5.11 Å². The highest BCUT2D eigenvalue weighted by Gasteiger charge is 2.24. The van der Waals surface area contributed by atoms with E-state index in [1.165, 1.54) is 0 Å². The van der Waals surface area contributed by atoms with Gasteiger partial charge in [-0.2, -0.15) is 0 Å².